The summed E-state index contributed by atoms with van der Waals surface area (Å²) in [5.74, 6) is 0.532. The summed E-state index contributed by atoms with van der Waals surface area (Å²) in [6.07, 6.45) is 0.503. The van der Waals surface area contributed by atoms with Crippen LogP contribution in [0.25, 0.3) is 11.4 Å². The first-order valence-electron chi connectivity index (χ1n) is 12.4. The Morgan fingerprint density at radius 3 is 2.24 bits per heavy atom. The molecule has 0 bridgehead atoms. The molecule has 8 nitrogen and oxygen atoms in total. The molecule has 0 saturated carbocycles. The van der Waals surface area contributed by atoms with Gasteiger partial charge in [0, 0.05) is 61.6 Å². The number of halogens is 1. The molecule has 3 aromatic carbocycles. The maximum absolute atomic E-state index is 14.2. The molecule has 1 saturated heterocycles. The van der Waals surface area contributed by atoms with Crippen molar-refractivity contribution >= 4 is 17.4 Å². The molecule has 2 heterocycles. The van der Waals surface area contributed by atoms with Gasteiger partial charge >= 0.3 is 0 Å². The van der Waals surface area contributed by atoms with Crippen molar-refractivity contribution in [3.63, 3.8) is 0 Å². The molecule has 0 spiro atoms. The van der Waals surface area contributed by atoms with Crippen LogP contribution in [-0.4, -0.2) is 51.9 Å². The van der Waals surface area contributed by atoms with E-state index in [1.807, 2.05) is 37.3 Å². The quantitative estimate of drug-likeness (QED) is 0.266. The molecule has 4 aromatic rings. The minimum Gasteiger partial charge on any atom is -0.353 e. The fourth-order valence-electron chi connectivity index (χ4n) is 4.63. The Balaban J connectivity index is 1.44. The number of benzene rings is 3. The van der Waals surface area contributed by atoms with Gasteiger partial charge in [-0.3, -0.25) is 14.9 Å². The van der Waals surface area contributed by atoms with Gasteiger partial charge in [0.2, 0.25) is 0 Å². The number of nitro benzene ring substituents is 1. The molecule has 9 heteroatoms. The summed E-state index contributed by atoms with van der Waals surface area (Å²) >= 11 is 0. The van der Waals surface area contributed by atoms with Crippen molar-refractivity contribution in [3.05, 3.63) is 117 Å². The van der Waals surface area contributed by atoms with Crippen molar-refractivity contribution in [3.8, 4) is 11.4 Å². The van der Waals surface area contributed by atoms with E-state index in [2.05, 4.69) is 4.90 Å². The molecular weight excluding hydrogens is 485 g/mol. The number of piperazine rings is 1. The molecular formula is C29H26FN5O3. The van der Waals surface area contributed by atoms with Crippen LogP contribution >= 0.6 is 0 Å². The third-order valence-electron chi connectivity index (χ3n) is 6.72. The van der Waals surface area contributed by atoms with E-state index in [0.717, 1.165) is 28.2 Å². The molecule has 38 heavy (non-hydrogen) atoms. The van der Waals surface area contributed by atoms with Crippen LogP contribution in [-0.2, 0) is 6.42 Å². The Morgan fingerprint density at radius 1 is 0.921 bits per heavy atom. The van der Waals surface area contributed by atoms with E-state index in [0.29, 0.717) is 38.4 Å². The number of nitrogens with zero attached hydrogens (tertiary/aromatic N) is 5. The van der Waals surface area contributed by atoms with Crippen LogP contribution in [0.3, 0.4) is 0 Å². The normalized spacial score (nSPS) is 13.4. The number of hydrogen-bond donors (Lipinski definition) is 0. The number of rotatable bonds is 6. The third-order valence-corrected chi connectivity index (χ3v) is 6.72. The molecule has 1 amide bonds. The monoisotopic (exact) mass is 511 g/mol. The van der Waals surface area contributed by atoms with Gasteiger partial charge in [0.1, 0.15) is 11.6 Å². The van der Waals surface area contributed by atoms with Gasteiger partial charge in [-0.1, -0.05) is 54.6 Å². The lowest BCUT2D eigenvalue weighted by Crippen LogP contribution is -2.49. The van der Waals surface area contributed by atoms with E-state index in [1.165, 1.54) is 24.3 Å². The minimum atomic E-state index is -0.524. The highest BCUT2D eigenvalue weighted by Gasteiger charge is 2.27. The Bertz CT molecular complexity index is 1470. The highest BCUT2D eigenvalue weighted by molar-refractivity contribution is 5.94. The second-order valence-electron chi connectivity index (χ2n) is 9.16. The van der Waals surface area contributed by atoms with Gasteiger partial charge in [-0.05, 0) is 24.6 Å². The minimum absolute atomic E-state index is 0.0389. The zero-order chi connectivity index (χ0) is 26.6. The number of carbonyl (C=O) groups is 1. The number of non-ortho nitro benzene ring substituents is 1. The molecule has 5 rings (SSSR count). The number of amides is 1. The average molecular weight is 512 g/mol. The molecule has 1 aliphatic rings. The molecule has 192 valence electrons. The summed E-state index contributed by atoms with van der Waals surface area (Å²) in [6, 6.07) is 22.2. The van der Waals surface area contributed by atoms with E-state index in [-0.39, 0.29) is 17.2 Å². The standard InChI is InChI=1S/C29H26FN5O3/c1-20-25(19-21-11-13-23(14-12-21)35(37)38)28(32-27(31-20)22-7-3-2-4-8-22)33-15-17-34(18-16-33)29(36)24-9-5-6-10-26(24)30/h2-14H,15-19H2,1H3. The SMILES string of the molecule is Cc1nc(-c2ccccc2)nc(N2CCN(C(=O)c3ccccc3F)CC2)c1Cc1ccc([N+](=O)[O-])cc1. The lowest BCUT2D eigenvalue weighted by molar-refractivity contribution is -0.384. The van der Waals surface area contributed by atoms with Gasteiger partial charge < -0.3 is 9.80 Å². The summed E-state index contributed by atoms with van der Waals surface area (Å²) in [4.78, 5) is 37.1. The highest BCUT2D eigenvalue weighted by Crippen LogP contribution is 2.29. The Kier molecular flexibility index (Phi) is 7.08. The average Bonchev–Trinajstić information content (AvgIpc) is 2.95. The number of hydrogen-bond acceptors (Lipinski definition) is 6. The van der Waals surface area contributed by atoms with Crippen molar-refractivity contribution < 1.29 is 14.1 Å². The maximum Gasteiger partial charge on any atom is 0.269 e. The number of carbonyl (C=O) groups excluding carboxylic acids is 1. The van der Waals surface area contributed by atoms with E-state index in [9.17, 15) is 19.3 Å². The van der Waals surface area contributed by atoms with Gasteiger partial charge in [-0.15, -0.1) is 0 Å². The summed E-state index contributed by atoms with van der Waals surface area (Å²) < 4.78 is 14.2. The van der Waals surface area contributed by atoms with Crippen molar-refractivity contribution in [1.82, 2.24) is 14.9 Å². The van der Waals surface area contributed by atoms with Crippen molar-refractivity contribution in [2.45, 2.75) is 13.3 Å². The number of anilines is 1. The molecule has 1 aliphatic heterocycles. The second-order valence-corrected chi connectivity index (χ2v) is 9.16. The lowest BCUT2D eigenvalue weighted by atomic mass is 10.0. The molecule has 0 radical (unpaired) electrons. The van der Waals surface area contributed by atoms with Crippen molar-refractivity contribution in [2.24, 2.45) is 0 Å². The second kappa shape index (κ2) is 10.8. The van der Waals surface area contributed by atoms with Crippen LogP contribution in [0, 0.1) is 22.9 Å². The smallest absolute Gasteiger partial charge is 0.269 e. The third kappa shape index (κ3) is 5.22. The number of aryl methyl sites for hydroxylation is 1. The predicted octanol–water partition coefficient (Wildman–Crippen LogP) is 5.05. The van der Waals surface area contributed by atoms with E-state index >= 15 is 0 Å². The first-order chi connectivity index (χ1) is 18.4. The van der Waals surface area contributed by atoms with Gasteiger partial charge in [0.15, 0.2) is 5.82 Å². The van der Waals surface area contributed by atoms with Crippen LogP contribution in [0.5, 0.6) is 0 Å². The van der Waals surface area contributed by atoms with E-state index in [1.54, 1.807) is 29.2 Å². The fraction of sp³-hybridized carbons (Fsp3) is 0.207. The largest absolute Gasteiger partial charge is 0.353 e. The van der Waals surface area contributed by atoms with E-state index in [4.69, 9.17) is 9.97 Å². The van der Waals surface area contributed by atoms with E-state index < -0.39 is 10.7 Å². The zero-order valence-electron chi connectivity index (χ0n) is 20.9. The Labute approximate surface area is 219 Å². The number of nitro groups is 1. The molecule has 0 N–H and O–H groups in total. The number of aromatic nitrogens is 2. The lowest BCUT2D eigenvalue weighted by Gasteiger charge is -2.36. The highest BCUT2D eigenvalue weighted by atomic mass is 19.1. The molecule has 0 atom stereocenters. The summed E-state index contributed by atoms with van der Waals surface area (Å²) in [7, 11) is 0. The molecule has 0 unspecified atom stereocenters. The summed E-state index contributed by atoms with van der Waals surface area (Å²) in [5.41, 5.74) is 3.65. The van der Waals surface area contributed by atoms with Crippen LogP contribution in [0.2, 0.25) is 0 Å². The molecule has 1 fully saturated rings. The fourth-order valence-corrected chi connectivity index (χ4v) is 4.63. The summed E-state index contributed by atoms with van der Waals surface area (Å²) in [5, 5.41) is 11.1. The van der Waals surface area contributed by atoms with Crippen LogP contribution in [0.1, 0.15) is 27.2 Å². The van der Waals surface area contributed by atoms with Crippen LogP contribution < -0.4 is 4.90 Å². The summed E-state index contributed by atoms with van der Waals surface area (Å²) in [6.45, 7) is 3.84. The first-order valence-corrected chi connectivity index (χ1v) is 12.4. The Morgan fingerprint density at radius 2 is 1.58 bits per heavy atom. The van der Waals surface area contributed by atoms with Gasteiger partial charge in [-0.25, -0.2) is 14.4 Å². The van der Waals surface area contributed by atoms with Crippen LogP contribution in [0.15, 0.2) is 78.9 Å². The van der Waals surface area contributed by atoms with Gasteiger partial charge in [0.05, 0.1) is 10.5 Å². The zero-order valence-corrected chi connectivity index (χ0v) is 20.9. The predicted molar refractivity (Wildman–Crippen MR) is 143 cm³/mol. The first kappa shape index (κ1) is 25.0. The van der Waals surface area contributed by atoms with Crippen molar-refractivity contribution in [2.75, 3.05) is 31.1 Å². The Hall–Kier alpha value is -4.66. The molecule has 0 aliphatic carbocycles. The topological polar surface area (TPSA) is 92.5 Å². The molecule has 1 aromatic heterocycles. The van der Waals surface area contributed by atoms with Gasteiger partial charge in [-0.2, -0.15) is 0 Å². The maximum atomic E-state index is 14.2. The van der Waals surface area contributed by atoms with Crippen LogP contribution in [0.4, 0.5) is 15.9 Å². The van der Waals surface area contributed by atoms with Gasteiger partial charge in [0.25, 0.3) is 11.6 Å². The van der Waals surface area contributed by atoms with Crippen molar-refractivity contribution in [1.29, 1.82) is 0 Å².